The van der Waals surface area contributed by atoms with Gasteiger partial charge in [-0.25, -0.2) is 8.42 Å². The summed E-state index contributed by atoms with van der Waals surface area (Å²) in [7, 11) is -2.97. The molecule has 2 fully saturated rings. The summed E-state index contributed by atoms with van der Waals surface area (Å²) in [4.78, 5) is 1.64. The average Bonchev–Trinajstić information content (AvgIpc) is 2.28. The first-order valence-corrected chi connectivity index (χ1v) is 8.61. The highest BCUT2D eigenvalue weighted by Gasteiger charge is 2.32. The highest BCUT2D eigenvalue weighted by Crippen LogP contribution is 2.22. The number of piperazine rings is 1. The average molecular weight is 261 g/mol. The van der Waals surface area contributed by atoms with Crippen LogP contribution in [0, 0.1) is 5.92 Å². The van der Waals surface area contributed by atoms with Gasteiger partial charge in [0.15, 0.2) is 0 Å². The van der Waals surface area contributed by atoms with E-state index in [1.165, 1.54) is 31.9 Å². The molecule has 0 aromatic rings. The van der Waals surface area contributed by atoms with E-state index < -0.39 is 10.0 Å². The molecule has 0 bridgehead atoms. The molecule has 4 nitrogen and oxygen atoms in total. The van der Waals surface area contributed by atoms with Crippen LogP contribution in [0.2, 0.25) is 0 Å². The fraction of sp³-hybridized carbons (Fsp3) is 1.00. The summed E-state index contributed by atoms with van der Waals surface area (Å²) in [5.74, 6) is 0.856. The third-order valence-electron chi connectivity index (χ3n) is 4.35. The molecule has 1 aliphatic heterocycles. The minimum atomic E-state index is -2.97. The SMILES string of the molecule is C[C@@H]1CCC[C@H]([NH+]2CCN(S(C)(=O)=O)CC2)C1. The number of hydrogen-bond donors (Lipinski definition) is 1. The van der Waals surface area contributed by atoms with Crippen LogP contribution in [0.1, 0.15) is 32.6 Å². The van der Waals surface area contributed by atoms with Crippen molar-refractivity contribution in [3.63, 3.8) is 0 Å². The number of quaternary nitrogens is 1. The molecule has 0 unspecified atom stereocenters. The Labute approximate surface area is 105 Å². The Balaban J connectivity index is 1.86. The molecular formula is C12H25N2O2S+. The molecule has 1 saturated heterocycles. The lowest BCUT2D eigenvalue weighted by Crippen LogP contribution is -3.18. The second kappa shape index (κ2) is 5.24. The summed E-state index contributed by atoms with van der Waals surface area (Å²) in [6, 6.07) is 0.778. The molecule has 0 radical (unpaired) electrons. The highest BCUT2D eigenvalue weighted by molar-refractivity contribution is 7.88. The molecule has 0 spiro atoms. The predicted molar refractivity (Wildman–Crippen MR) is 68.5 cm³/mol. The van der Waals surface area contributed by atoms with Gasteiger partial charge in [-0.15, -0.1) is 0 Å². The Kier molecular flexibility index (Phi) is 4.10. The van der Waals surface area contributed by atoms with Crippen molar-refractivity contribution < 1.29 is 13.3 Å². The van der Waals surface area contributed by atoms with Crippen molar-refractivity contribution >= 4 is 10.0 Å². The summed E-state index contributed by atoms with van der Waals surface area (Å²) in [6.07, 6.45) is 6.71. The number of hydrogen-bond acceptors (Lipinski definition) is 2. The van der Waals surface area contributed by atoms with Crippen LogP contribution in [0.15, 0.2) is 0 Å². The molecule has 5 heteroatoms. The van der Waals surface area contributed by atoms with Gasteiger partial charge < -0.3 is 4.90 Å². The lowest BCUT2D eigenvalue weighted by Gasteiger charge is -2.38. The first-order chi connectivity index (χ1) is 7.97. The maximum Gasteiger partial charge on any atom is 0.211 e. The monoisotopic (exact) mass is 261 g/mol. The van der Waals surface area contributed by atoms with Gasteiger partial charge in [-0.2, -0.15) is 4.31 Å². The largest absolute Gasteiger partial charge is 0.330 e. The molecule has 1 aliphatic carbocycles. The summed E-state index contributed by atoms with van der Waals surface area (Å²) in [5, 5.41) is 0. The zero-order chi connectivity index (χ0) is 12.5. The predicted octanol–water partition coefficient (Wildman–Crippen LogP) is -0.275. The standard InChI is InChI=1S/C12H24N2O2S/c1-11-4-3-5-12(10-11)13-6-8-14(9-7-13)17(2,15)16/h11-12H,3-10H2,1-2H3/p+1/t11-,12+/m1/s1. The van der Waals surface area contributed by atoms with Gasteiger partial charge in [-0.05, 0) is 18.8 Å². The first kappa shape index (κ1) is 13.3. The van der Waals surface area contributed by atoms with E-state index in [2.05, 4.69) is 6.92 Å². The number of sulfonamides is 1. The second-order valence-electron chi connectivity index (χ2n) is 5.79. The van der Waals surface area contributed by atoms with E-state index in [1.807, 2.05) is 0 Å². The molecular weight excluding hydrogens is 236 g/mol. The Morgan fingerprint density at radius 3 is 2.35 bits per heavy atom. The summed E-state index contributed by atoms with van der Waals surface area (Å²) in [5.41, 5.74) is 0. The molecule has 2 rings (SSSR count). The molecule has 100 valence electrons. The zero-order valence-electron chi connectivity index (χ0n) is 11.0. The van der Waals surface area contributed by atoms with E-state index in [-0.39, 0.29) is 0 Å². The minimum absolute atomic E-state index is 0.707. The van der Waals surface area contributed by atoms with Gasteiger partial charge in [-0.1, -0.05) is 13.3 Å². The van der Waals surface area contributed by atoms with E-state index in [9.17, 15) is 8.42 Å². The Bertz CT molecular complexity index is 348. The van der Waals surface area contributed by atoms with Gasteiger partial charge in [0.2, 0.25) is 10.0 Å². The van der Waals surface area contributed by atoms with E-state index >= 15 is 0 Å². The van der Waals surface area contributed by atoms with Crippen molar-refractivity contribution in [2.75, 3.05) is 32.4 Å². The van der Waals surface area contributed by atoms with Gasteiger partial charge in [0, 0.05) is 6.42 Å². The molecule has 2 atom stereocenters. The molecule has 0 amide bonds. The molecule has 1 saturated carbocycles. The van der Waals surface area contributed by atoms with Gasteiger partial charge in [0.1, 0.15) is 0 Å². The molecule has 1 heterocycles. The van der Waals surface area contributed by atoms with Crippen LogP contribution in [0.25, 0.3) is 0 Å². The maximum atomic E-state index is 11.4. The van der Waals surface area contributed by atoms with Crippen LogP contribution in [-0.2, 0) is 10.0 Å². The first-order valence-electron chi connectivity index (χ1n) is 6.76. The molecule has 17 heavy (non-hydrogen) atoms. The van der Waals surface area contributed by atoms with Crippen LogP contribution in [0.3, 0.4) is 0 Å². The van der Waals surface area contributed by atoms with Crippen LogP contribution in [0.4, 0.5) is 0 Å². The highest BCUT2D eigenvalue weighted by atomic mass is 32.2. The molecule has 2 aliphatic rings. The van der Waals surface area contributed by atoms with Gasteiger partial charge >= 0.3 is 0 Å². The fourth-order valence-electron chi connectivity index (χ4n) is 3.32. The van der Waals surface area contributed by atoms with Crippen molar-refractivity contribution in [1.29, 1.82) is 0 Å². The van der Waals surface area contributed by atoms with Crippen molar-refractivity contribution in [3.05, 3.63) is 0 Å². The van der Waals surface area contributed by atoms with Crippen molar-refractivity contribution in [1.82, 2.24) is 4.31 Å². The number of nitrogens with one attached hydrogen (secondary N) is 1. The van der Waals surface area contributed by atoms with Crippen molar-refractivity contribution in [2.24, 2.45) is 5.92 Å². The van der Waals surface area contributed by atoms with E-state index in [1.54, 1.807) is 9.21 Å². The zero-order valence-corrected chi connectivity index (χ0v) is 11.8. The summed E-state index contributed by atoms with van der Waals surface area (Å²) < 4.78 is 24.5. The third kappa shape index (κ3) is 3.42. The van der Waals surface area contributed by atoms with E-state index in [4.69, 9.17) is 0 Å². The molecule has 0 aromatic carbocycles. The normalized spacial score (nSPS) is 33.8. The van der Waals surface area contributed by atoms with Crippen LogP contribution in [0.5, 0.6) is 0 Å². The minimum Gasteiger partial charge on any atom is -0.330 e. The summed E-state index contributed by atoms with van der Waals surface area (Å²) >= 11 is 0. The lowest BCUT2D eigenvalue weighted by molar-refractivity contribution is -0.930. The van der Waals surface area contributed by atoms with E-state index in [0.29, 0.717) is 13.1 Å². The van der Waals surface area contributed by atoms with E-state index in [0.717, 1.165) is 25.0 Å². The molecule has 1 N–H and O–H groups in total. The van der Waals surface area contributed by atoms with Crippen LogP contribution in [-0.4, -0.2) is 51.2 Å². The molecule has 0 aromatic heterocycles. The maximum absolute atomic E-state index is 11.4. The van der Waals surface area contributed by atoms with Gasteiger partial charge in [-0.3, -0.25) is 0 Å². The summed E-state index contributed by atoms with van der Waals surface area (Å²) in [6.45, 7) is 5.74. The van der Waals surface area contributed by atoms with Gasteiger partial charge in [0.25, 0.3) is 0 Å². The smallest absolute Gasteiger partial charge is 0.211 e. The Morgan fingerprint density at radius 1 is 1.18 bits per heavy atom. The van der Waals surface area contributed by atoms with Crippen molar-refractivity contribution in [3.8, 4) is 0 Å². The topological polar surface area (TPSA) is 41.8 Å². The van der Waals surface area contributed by atoms with Crippen molar-refractivity contribution in [2.45, 2.75) is 38.6 Å². The Hall–Kier alpha value is -0.130. The number of rotatable bonds is 2. The third-order valence-corrected chi connectivity index (χ3v) is 5.65. The fourth-order valence-corrected chi connectivity index (χ4v) is 4.16. The Morgan fingerprint density at radius 2 is 1.82 bits per heavy atom. The lowest BCUT2D eigenvalue weighted by atomic mass is 9.86. The second-order valence-corrected chi connectivity index (χ2v) is 7.77. The van der Waals surface area contributed by atoms with Gasteiger partial charge in [0.05, 0.1) is 38.5 Å². The quantitative estimate of drug-likeness (QED) is 0.743. The van der Waals surface area contributed by atoms with Crippen LogP contribution < -0.4 is 4.90 Å². The van der Waals surface area contributed by atoms with Crippen LogP contribution >= 0.6 is 0 Å². The number of nitrogens with zero attached hydrogens (tertiary/aromatic N) is 1.